The van der Waals surface area contributed by atoms with E-state index in [1.807, 2.05) is 0 Å². The zero-order chi connectivity index (χ0) is 9.31. The molecular weight excluding hydrogens is 160 g/mol. The summed E-state index contributed by atoms with van der Waals surface area (Å²) in [5.74, 6) is 0.394. The average Bonchev–Trinajstić information content (AvgIpc) is 2.17. The van der Waals surface area contributed by atoms with E-state index in [-0.39, 0.29) is 0 Å². The van der Waals surface area contributed by atoms with Crippen molar-refractivity contribution in [3.8, 4) is 0 Å². The fourth-order valence-electron chi connectivity index (χ4n) is 2.51. The number of allylic oxidation sites excluding steroid dienone is 1. The molecule has 2 aliphatic carbocycles. The summed E-state index contributed by atoms with van der Waals surface area (Å²) >= 11 is 0. The number of hydrogen-bond donors (Lipinski definition) is 1. The van der Waals surface area contributed by atoms with Crippen LogP contribution < -0.4 is 0 Å². The van der Waals surface area contributed by atoms with Crippen molar-refractivity contribution in [1.82, 2.24) is 0 Å². The summed E-state index contributed by atoms with van der Waals surface area (Å²) in [6, 6.07) is 0. The fourth-order valence-corrected chi connectivity index (χ4v) is 2.51. The minimum absolute atomic E-state index is 0.394. The number of rotatable bonds is 2. The summed E-state index contributed by atoms with van der Waals surface area (Å²) in [4.78, 5) is 0. The molecule has 0 amide bonds. The predicted octanol–water partition coefficient (Wildman–Crippen LogP) is 2.81. The maximum Gasteiger partial charge on any atom is 0.0890 e. The minimum atomic E-state index is -0.566. The molecule has 2 aliphatic rings. The molecule has 0 radical (unpaired) electrons. The first kappa shape index (κ1) is 9.01. The molecule has 13 heavy (non-hydrogen) atoms. The van der Waals surface area contributed by atoms with Gasteiger partial charge in [0.1, 0.15) is 0 Å². The first-order valence-corrected chi connectivity index (χ1v) is 5.31. The van der Waals surface area contributed by atoms with Gasteiger partial charge in [0, 0.05) is 5.92 Å². The van der Waals surface area contributed by atoms with E-state index in [1.165, 1.54) is 31.3 Å². The molecule has 0 saturated heterocycles. The average molecular weight is 178 g/mol. The van der Waals surface area contributed by atoms with Crippen molar-refractivity contribution in [2.75, 3.05) is 0 Å². The van der Waals surface area contributed by atoms with Crippen LogP contribution in [0.25, 0.3) is 0 Å². The highest BCUT2D eigenvalue weighted by atomic mass is 16.3. The second-order valence-electron chi connectivity index (χ2n) is 4.31. The summed E-state index contributed by atoms with van der Waals surface area (Å²) in [6.45, 7) is 3.72. The fraction of sp³-hybridized carbons (Fsp3) is 0.667. The summed E-state index contributed by atoms with van der Waals surface area (Å²) in [5.41, 5.74) is 0.920. The highest BCUT2D eigenvalue weighted by molar-refractivity contribution is 5.23. The van der Waals surface area contributed by atoms with E-state index in [0.717, 1.165) is 12.8 Å². The van der Waals surface area contributed by atoms with Gasteiger partial charge >= 0.3 is 0 Å². The van der Waals surface area contributed by atoms with E-state index >= 15 is 0 Å². The van der Waals surface area contributed by atoms with Gasteiger partial charge in [0.05, 0.1) is 5.60 Å². The summed E-state index contributed by atoms with van der Waals surface area (Å²) in [7, 11) is 0. The lowest BCUT2D eigenvalue weighted by atomic mass is 9.64. The molecule has 1 heteroatoms. The van der Waals surface area contributed by atoms with Crippen LogP contribution in [-0.2, 0) is 0 Å². The van der Waals surface area contributed by atoms with E-state index in [9.17, 15) is 5.11 Å². The molecule has 0 aromatic carbocycles. The zero-order valence-corrected chi connectivity index (χ0v) is 8.13. The standard InChI is InChI=1S/C12H18O/c1-2-12(13)9-8-11(12)10-6-4-3-5-7-10/h2,6,11,13H,1,3-5,7-9H2/t11-,12-/m1/s1. The van der Waals surface area contributed by atoms with E-state index in [4.69, 9.17) is 0 Å². The van der Waals surface area contributed by atoms with Crippen molar-refractivity contribution in [3.05, 3.63) is 24.3 Å². The van der Waals surface area contributed by atoms with Crippen molar-refractivity contribution < 1.29 is 5.11 Å². The Morgan fingerprint density at radius 2 is 2.38 bits per heavy atom. The van der Waals surface area contributed by atoms with Gasteiger partial charge in [-0.25, -0.2) is 0 Å². The van der Waals surface area contributed by atoms with Crippen LogP contribution in [0.3, 0.4) is 0 Å². The Hall–Kier alpha value is -0.560. The molecule has 0 bridgehead atoms. The van der Waals surface area contributed by atoms with Crippen molar-refractivity contribution in [2.24, 2.45) is 5.92 Å². The minimum Gasteiger partial charge on any atom is -0.385 e. The van der Waals surface area contributed by atoms with Gasteiger partial charge in [0.15, 0.2) is 0 Å². The first-order chi connectivity index (χ1) is 6.26. The third kappa shape index (κ3) is 1.46. The van der Waals surface area contributed by atoms with Crippen LogP contribution in [0.4, 0.5) is 0 Å². The normalized spacial score (nSPS) is 39.2. The molecule has 0 spiro atoms. The maximum absolute atomic E-state index is 10.1. The second-order valence-corrected chi connectivity index (χ2v) is 4.31. The number of aliphatic hydroxyl groups is 1. The van der Waals surface area contributed by atoms with Gasteiger partial charge < -0.3 is 5.11 Å². The molecule has 0 aromatic heterocycles. The van der Waals surface area contributed by atoms with Crippen LogP contribution >= 0.6 is 0 Å². The van der Waals surface area contributed by atoms with Crippen molar-refractivity contribution >= 4 is 0 Å². The lowest BCUT2D eigenvalue weighted by Gasteiger charge is -2.45. The van der Waals surface area contributed by atoms with Gasteiger partial charge in [-0.15, -0.1) is 6.58 Å². The third-order valence-corrected chi connectivity index (χ3v) is 3.56. The quantitative estimate of drug-likeness (QED) is 0.645. The molecule has 2 atom stereocenters. The smallest absolute Gasteiger partial charge is 0.0890 e. The Labute approximate surface area is 80.2 Å². The molecule has 72 valence electrons. The van der Waals surface area contributed by atoms with Gasteiger partial charge in [-0.1, -0.05) is 17.7 Å². The molecular formula is C12H18O. The molecule has 2 rings (SSSR count). The van der Waals surface area contributed by atoms with Crippen LogP contribution in [-0.4, -0.2) is 10.7 Å². The molecule has 0 unspecified atom stereocenters. The zero-order valence-electron chi connectivity index (χ0n) is 8.13. The van der Waals surface area contributed by atoms with Gasteiger partial charge in [-0.05, 0) is 38.5 Å². The highest BCUT2D eigenvalue weighted by Gasteiger charge is 2.44. The summed E-state index contributed by atoms with van der Waals surface area (Å²) in [6.07, 6.45) is 11.1. The van der Waals surface area contributed by atoms with Crippen molar-refractivity contribution in [3.63, 3.8) is 0 Å². The lowest BCUT2D eigenvalue weighted by Crippen LogP contribution is -2.46. The Kier molecular flexibility index (Phi) is 2.29. The third-order valence-electron chi connectivity index (χ3n) is 3.56. The Balaban J connectivity index is 2.08. The molecule has 1 nitrogen and oxygen atoms in total. The SMILES string of the molecule is C=C[C@@]1(O)CC[C@@H]1C1=CCCCC1. The van der Waals surface area contributed by atoms with Crippen LogP contribution in [0.1, 0.15) is 38.5 Å². The predicted molar refractivity (Wildman–Crippen MR) is 54.4 cm³/mol. The first-order valence-electron chi connectivity index (χ1n) is 5.31. The maximum atomic E-state index is 10.1. The van der Waals surface area contributed by atoms with Crippen LogP contribution in [0, 0.1) is 5.92 Å². The van der Waals surface area contributed by atoms with Gasteiger partial charge in [-0.2, -0.15) is 0 Å². The Bertz CT molecular complexity index is 242. The Morgan fingerprint density at radius 1 is 1.54 bits per heavy atom. The van der Waals surface area contributed by atoms with Crippen LogP contribution in [0.2, 0.25) is 0 Å². The van der Waals surface area contributed by atoms with E-state index in [2.05, 4.69) is 12.7 Å². The highest BCUT2D eigenvalue weighted by Crippen LogP contribution is 2.46. The van der Waals surface area contributed by atoms with E-state index < -0.39 is 5.60 Å². The van der Waals surface area contributed by atoms with Gasteiger partial charge in [0.25, 0.3) is 0 Å². The lowest BCUT2D eigenvalue weighted by molar-refractivity contribution is -0.0352. The van der Waals surface area contributed by atoms with Gasteiger partial charge in [0.2, 0.25) is 0 Å². The van der Waals surface area contributed by atoms with Crippen LogP contribution in [0.15, 0.2) is 24.3 Å². The molecule has 0 aliphatic heterocycles. The molecule has 0 aromatic rings. The molecule has 1 N–H and O–H groups in total. The molecule has 1 fully saturated rings. The Morgan fingerprint density at radius 3 is 2.85 bits per heavy atom. The number of hydrogen-bond acceptors (Lipinski definition) is 1. The topological polar surface area (TPSA) is 20.2 Å². The van der Waals surface area contributed by atoms with Crippen molar-refractivity contribution in [2.45, 2.75) is 44.1 Å². The summed E-state index contributed by atoms with van der Waals surface area (Å²) < 4.78 is 0. The molecule has 1 saturated carbocycles. The summed E-state index contributed by atoms with van der Waals surface area (Å²) in [5, 5.41) is 10.1. The van der Waals surface area contributed by atoms with E-state index in [1.54, 1.807) is 6.08 Å². The van der Waals surface area contributed by atoms with Gasteiger partial charge in [-0.3, -0.25) is 0 Å². The van der Waals surface area contributed by atoms with E-state index in [0.29, 0.717) is 5.92 Å². The monoisotopic (exact) mass is 178 g/mol. The van der Waals surface area contributed by atoms with Crippen molar-refractivity contribution in [1.29, 1.82) is 0 Å². The largest absolute Gasteiger partial charge is 0.385 e. The molecule has 0 heterocycles. The van der Waals surface area contributed by atoms with Crippen LogP contribution in [0.5, 0.6) is 0 Å². The second kappa shape index (κ2) is 3.30.